The van der Waals surface area contributed by atoms with Crippen LogP contribution in [0, 0.1) is 5.82 Å². The van der Waals surface area contributed by atoms with E-state index >= 15 is 0 Å². The summed E-state index contributed by atoms with van der Waals surface area (Å²) < 4.78 is 20.4. The molecular formula is C16H16BrClFNO. The average molecular weight is 373 g/mol. The van der Waals surface area contributed by atoms with Crippen LogP contribution in [0.25, 0.3) is 0 Å². The molecule has 0 bridgehead atoms. The molecule has 0 saturated carbocycles. The van der Waals surface area contributed by atoms with Gasteiger partial charge in [-0.25, -0.2) is 4.39 Å². The largest absolute Gasteiger partial charge is 0.481 e. The molecule has 0 aliphatic heterocycles. The van der Waals surface area contributed by atoms with Crippen LogP contribution in [0.3, 0.4) is 0 Å². The Morgan fingerprint density at radius 2 is 2.00 bits per heavy atom. The van der Waals surface area contributed by atoms with Gasteiger partial charge in [0.15, 0.2) is 11.6 Å². The summed E-state index contributed by atoms with van der Waals surface area (Å²) in [5, 5.41) is 0.559. The molecule has 0 aliphatic rings. The van der Waals surface area contributed by atoms with Gasteiger partial charge < -0.3 is 10.5 Å². The number of halogens is 3. The number of hydrogen-bond donors (Lipinski definition) is 1. The Hall–Kier alpha value is -1.10. The molecule has 0 spiro atoms. The highest BCUT2D eigenvalue weighted by Crippen LogP contribution is 2.32. The maximum absolute atomic E-state index is 14.0. The monoisotopic (exact) mass is 371 g/mol. The standard InChI is InChI=1S/C16H16BrClFNO/c1-2-14(20)16(11-5-3-4-6-12(11)18)21-15-8-7-10(17)9-13(15)19/h3-9,14,16H,2,20H2,1H3. The number of rotatable bonds is 5. The maximum Gasteiger partial charge on any atom is 0.166 e. The van der Waals surface area contributed by atoms with E-state index in [4.69, 9.17) is 22.1 Å². The van der Waals surface area contributed by atoms with E-state index in [9.17, 15) is 4.39 Å². The van der Waals surface area contributed by atoms with Crippen molar-refractivity contribution in [3.05, 3.63) is 63.3 Å². The van der Waals surface area contributed by atoms with Crippen LogP contribution in [0.15, 0.2) is 46.9 Å². The molecule has 2 nitrogen and oxygen atoms in total. The van der Waals surface area contributed by atoms with E-state index in [1.807, 2.05) is 25.1 Å². The molecule has 2 atom stereocenters. The molecular weight excluding hydrogens is 357 g/mol. The molecule has 5 heteroatoms. The fraction of sp³-hybridized carbons (Fsp3) is 0.250. The first kappa shape index (κ1) is 16.3. The fourth-order valence-corrected chi connectivity index (χ4v) is 2.59. The van der Waals surface area contributed by atoms with Crippen molar-refractivity contribution in [3.63, 3.8) is 0 Å². The van der Waals surface area contributed by atoms with Gasteiger partial charge >= 0.3 is 0 Å². The third kappa shape index (κ3) is 3.96. The van der Waals surface area contributed by atoms with E-state index in [-0.39, 0.29) is 11.8 Å². The van der Waals surface area contributed by atoms with E-state index in [0.717, 1.165) is 5.56 Å². The molecule has 2 rings (SSSR count). The highest BCUT2D eigenvalue weighted by atomic mass is 79.9. The second-order valence-electron chi connectivity index (χ2n) is 4.71. The minimum Gasteiger partial charge on any atom is -0.481 e. The van der Waals surface area contributed by atoms with Gasteiger partial charge in [0.1, 0.15) is 6.10 Å². The van der Waals surface area contributed by atoms with Gasteiger partial charge in [0, 0.05) is 21.1 Å². The zero-order valence-electron chi connectivity index (χ0n) is 11.5. The molecule has 2 aromatic rings. The van der Waals surface area contributed by atoms with Crippen LogP contribution in [0.2, 0.25) is 5.02 Å². The maximum atomic E-state index is 14.0. The fourth-order valence-electron chi connectivity index (χ4n) is 2.01. The number of nitrogens with two attached hydrogens (primary N) is 1. The Morgan fingerprint density at radius 1 is 1.29 bits per heavy atom. The quantitative estimate of drug-likeness (QED) is 0.792. The third-order valence-electron chi connectivity index (χ3n) is 3.22. The van der Waals surface area contributed by atoms with Crippen molar-refractivity contribution in [1.29, 1.82) is 0 Å². The molecule has 0 amide bonds. The van der Waals surface area contributed by atoms with Gasteiger partial charge in [0.05, 0.1) is 0 Å². The van der Waals surface area contributed by atoms with Crippen LogP contribution in [-0.4, -0.2) is 6.04 Å². The lowest BCUT2D eigenvalue weighted by atomic mass is 10.0. The zero-order valence-corrected chi connectivity index (χ0v) is 13.9. The topological polar surface area (TPSA) is 35.2 Å². The lowest BCUT2D eigenvalue weighted by Crippen LogP contribution is -2.31. The summed E-state index contributed by atoms with van der Waals surface area (Å²) in [6, 6.07) is 11.7. The van der Waals surface area contributed by atoms with Crippen molar-refractivity contribution in [2.24, 2.45) is 5.73 Å². The number of ether oxygens (including phenoxy) is 1. The second-order valence-corrected chi connectivity index (χ2v) is 6.03. The summed E-state index contributed by atoms with van der Waals surface area (Å²) >= 11 is 9.43. The van der Waals surface area contributed by atoms with Crippen LogP contribution in [0.4, 0.5) is 4.39 Å². The van der Waals surface area contributed by atoms with Gasteiger partial charge in [0.2, 0.25) is 0 Å². The highest BCUT2D eigenvalue weighted by Gasteiger charge is 2.24. The first-order chi connectivity index (χ1) is 10.0. The summed E-state index contributed by atoms with van der Waals surface area (Å²) in [5.74, 6) is -0.281. The minimum absolute atomic E-state index is 0.159. The Balaban J connectivity index is 2.35. The van der Waals surface area contributed by atoms with Gasteiger partial charge in [-0.3, -0.25) is 0 Å². The van der Waals surface area contributed by atoms with Crippen molar-refractivity contribution in [1.82, 2.24) is 0 Å². The molecule has 2 aromatic carbocycles. The van der Waals surface area contributed by atoms with E-state index < -0.39 is 11.9 Å². The zero-order chi connectivity index (χ0) is 15.4. The Kier molecular flexibility index (Phi) is 5.62. The summed E-state index contributed by atoms with van der Waals surface area (Å²) in [6.07, 6.45) is 0.188. The van der Waals surface area contributed by atoms with Gasteiger partial charge in [-0.05, 0) is 30.7 Å². The average Bonchev–Trinajstić information content (AvgIpc) is 2.47. The molecule has 21 heavy (non-hydrogen) atoms. The van der Waals surface area contributed by atoms with Crippen molar-refractivity contribution in [2.75, 3.05) is 0 Å². The van der Waals surface area contributed by atoms with Crippen molar-refractivity contribution < 1.29 is 9.13 Å². The number of benzene rings is 2. The van der Waals surface area contributed by atoms with Gasteiger partial charge in [-0.1, -0.05) is 52.7 Å². The van der Waals surface area contributed by atoms with Crippen LogP contribution >= 0.6 is 27.5 Å². The highest BCUT2D eigenvalue weighted by molar-refractivity contribution is 9.10. The number of hydrogen-bond acceptors (Lipinski definition) is 2. The molecule has 112 valence electrons. The Morgan fingerprint density at radius 3 is 2.62 bits per heavy atom. The first-order valence-electron chi connectivity index (χ1n) is 6.64. The van der Waals surface area contributed by atoms with Crippen LogP contribution in [-0.2, 0) is 0 Å². The Bertz CT molecular complexity index is 623. The summed E-state index contributed by atoms with van der Waals surface area (Å²) in [4.78, 5) is 0. The molecule has 0 aliphatic carbocycles. The van der Waals surface area contributed by atoms with Gasteiger partial charge in [-0.15, -0.1) is 0 Å². The van der Waals surface area contributed by atoms with E-state index in [1.54, 1.807) is 18.2 Å². The van der Waals surface area contributed by atoms with E-state index in [0.29, 0.717) is 15.9 Å². The van der Waals surface area contributed by atoms with Gasteiger partial charge in [-0.2, -0.15) is 0 Å². The lowest BCUT2D eigenvalue weighted by molar-refractivity contribution is 0.164. The summed E-state index contributed by atoms with van der Waals surface area (Å²) in [5.41, 5.74) is 6.89. The normalized spacial score (nSPS) is 13.8. The lowest BCUT2D eigenvalue weighted by Gasteiger charge is -2.25. The predicted octanol–water partition coefficient (Wildman–Crippen LogP) is 5.10. The molecule has 2 unspecified atom stereocenters. The molecule has 0 aromatic heterocycles. The Labute approximate surface area is 137 Å². The van der Waals surface area contributed by atoms with Crippen LogP contribution < -0.4 is 10.5 Å². The predicted molar refractivity (Wildman–Crippen MR) is 87.2 cm³/mol. The first-order valence-corrected chi connectivity index (χ1v) is 7.81. The minimum atomic E-state index is -0.501. The van der Waals surface area contributed by atoms with Crippen LogP contribution in [0.1, 0.15) is 25.0 Å². The van der Waals surface area contributed by atoms with Crippen LogP contribution in [0.5, 0.6) is 5.75 Å². The van der Waals surface area contributed by atoms with E-state index in [1.165, 1.54) is 6.07 Å². The molecule has 0 radical (unpaired) electrons. The van der Waals surface area contributed by atoms with Crippen molar-refractivity contribution >= 4 is 27.5 Å². The molecule has 2 N–H and O–H groups in total. The molecule has 0 fully saturated rings. The second kappa shape index (κ2) is 7.25. The summed E-state index contributed by atoms with van der Waals surface area (Å²) in [6.45, 7) is 1.95. The SMILES string of the molecule is CCC(N)C(Oc1ccc(Br)cc1F)c1ccccc1Cl. The smallest absolute Gasteiger partial charge is 0.166 e. The van der Waals surface area contributed by atoms with Crippen molar-refractivity contribution in [3.8, 4) is 5.75 Å². The molecule has 0 saturated heterocycles. The summed E-state index contributed by atoms with van der Waals surface area (Å²) in [7, 11) is 0. The van der Waals surface area contributed by atoms with E-state index in [2.05, 4.69) is 15.9 Å². The third-order valence-corrected chi connectivity index (χ3v) is 4.06. The molecule has 0 heterocycles. The van der Waals surface area contributed by atoms with Gasteiger partial charge in [0.25, 0.3) is 0 Å². The van der Waals surface area contributed by atoms with Crippen molar-refractivity contribution in [2.45, 2.75) is 25.5 Å².